The number of rotatable bonds is 4. The van der Waals surface area contributed by atoms with Crippen LogP contribution in [0.25, 0.3) is 10.9 Å². The molecule has 0 spiro atoms. The van der Waals surface area contributed by atoms with Gasteiger partial charge in [-0.25, -0.2) is 0 Å². The Kier molecular flexibility index (Phi) is 2.82. The summed E-state index contributed by atoms with van der Waals surface area (Å²) in [5.74, 6) is 0.687. The van der Waals surface area contributed by atoms with Crippen molar-refractivity contribution >= 4 is 10.9 Å². The van der Waals surface area contributed by atoms with E-state index in [1.54, 1.807) is 0 Å². The lowest BCUT2D eigenvalue weighted by Crippen LogP contribution is -2.08. The Balaban J connectivity index is 2.06. The van der Waals surface area contributed by atoms with Crippen molar-refractivity contribution in [2.75, 3.05) is 7.05 Å². The van der Waals surface area contributed by atoms with Gasteiger partial charge in [0, 0.05) is 12.7 Å². The van der Waals surface area contributed by atoms with Crippen LogP contribution >= 0.6 is 0 Å². The van der Waals surface area contributed by atoms with Crippen molar-refractivity contribution in [3.05, 3.63) is 48.2 Å². The van der Waals surface area contributed by atoms with Gasteiger partial charge in [-0.05, 0) is 24.1 Å². The Bertz CT molecular complexity index is 642. The molecule has 0 fully saturated rings. The van der Waals surface area contributed by atoms with Crippen molar-refractivity contribution in [2.24, 2.45) is 0 Å². The minimum absolute atomic E-state index is 0.626. The molecule has 0 atom stereocenters. The second-order valence-electron chi connectivity index (χ2n) is 4.18. The summed E-state index contributed by atoms with van der Waals surface area (Å²) in [5.41, 5.74) is 2.49. The average Bonchev–Trinajstić information content (AvgIpc) is 3.01. The van der Waals surface area contributed by atoms with E-state index in [4.69, 9.17) is 4.52 Å². The van der Waals surface area contributed by atoms with Gasteiger partial charge in [-0.1, -0.05) is 23.4 Å². The Morgan fingerprint density at radius 3 is 3.06 bits per heavy atom. The number of hydrogen-bond donors (Lipinski definition) is 1. The lowest BCUT2D eigenvalue weighted by molar-refractivity contribution is 0.408. The van der Waals surface area contributed by atoms with E-state index in [2.05, 4.69) is 50.5 Å². The summed E-state index contributed by atoms with van der Waals surface area (Å²) in [6.45, 7) is 1.47. The molecule has 1 N–H and O–H groups in total. The predicted molar refractivity (Wildman–Crippen MR) is 68.1 cm³/mol. The third kappa shape index (κ3) is 1.89. The molecule has 18 heavy (non-hydrogen) atoms. The monoisotopic (exact) mass is 242 g/mol. The van der Waals surface area contributed by atoms with E-state index in [1.807, 2.05) is 7.05 Å². The van der Waals surface area contributed by atoms with Crippen LogP contribution in [0.2, 0.25) is 0 Å². The molecule has 0 aliphatic heterocycles. The second kappa shape index (κ2) is 4.62. The fraction of sp³-hybridized carbons (Fsp3) is 0.231. The standard InChI is InChI=1S/C13H14N4O/c1-14-7-11-4-2-3-10-5-6-17(13(10)11)8-12-15-9-18-16-12/h2-6,9,14H,7-8H2,1H3. The van der Waals surface area contributed by atoms with E-state index in [-0.39, 0.29) is 0 Å². The van der Waals surface area contributed by atoms with Crippen molar-refractivity contribution < 1.29 is 4.52 Å². The molecule has 0 saturated carbocycles. The molecule has 0 saturated heterocycles. The van der Waals surface area contributed by atoms with Gasteiger partial charge in [-0.2, -0.15) is 4.98 Å². The first-order valence-corrected chi connectivity index (χ1v) is 5.85. The van der Waals surface area contributed by atoms with Crippen molar-refractivity contribution in [2.45, 2.75) is 13.1 Å². The minimum atomic E-state index is 0.626. The van der Waals surface area contributed by atoms with Crippen LogP contribution in [0.1, 0.15) is 11.4 Å². The van der Waals surface area contributed by atoms with Gasteiger partial charge in [0.15, 0.2) is 5.82 Å². The molecule has 2 aromatic heterocycles. The molecule has 0 radical (unpaired) electrons. The Morgan fingerprint density at radius 2 is 2.28 bits per heavy atom. The zero-order chi connectivity index (χ0) is 12.4. The lowest BCUT2D eigenvalue weighted by atomic mass is 10.1. The molecule has 92 valence electrons. The van der Waals surface area contributed by atoms with Gasteiger partial charge >= 0.3 is 0 Å². The van der Waals surface area contributed by atoms with Gasteiger partial charge < -0.3 is 14.4 Å². The number of nitrogens with zero attached hydrogens (tertiary/aromatic N) is 3. The van der Waals surface area contributed by atoms with Gasteiger partial charge in [-0.3, -0.25) is 0 Å². The zero-order valence-corrected chi connectivity index (χ0v) is 10.1. The summed E-state index contributed by atoms with van der Waals surface area (Å²) in [4.78, 5) is 4.06. The maximum Gasteiger partial charge on any atom is 0.213 e. The molecule has 3 rings (SSSR count). The minimum Gasteiger partial charge on any atom is -0.343 e. The fourth-order valence-corrected chi connectivity index (χ4v) is 2.22. The quantitative estimate of drug-likeness (QED) is 0.757. The average molecular weight is 242 g/mol. The van der Waals surface area contributed by atoms with E-state index in [1.165, 1.54) is 22.9 Å². The smallest absolute Gasteiger partial charge is 0.213 e. The maximum absolute atomic E-state index is 4.77. The van der Waals surface area contributed by atoms with Crippen molar-refractivity contribution in [1.82, 2.24) is 20.0 Å². The summed E-state index contributed by atoms with van der Waals surface area (Å²) in [7, 11) is 1.95. The third-order valence-corrected chi connectivity index (χ3v) is 2.96. The van der Waals surface area contributed by atoms with E-state index in [0.29, 0.717) is 12.4 Å². The molecule has 0 aliphatic carbocycles. The fourth-order valence-electron chi connectivity index (χ4n) is 2.22. The summed E-state index contributed by atoms with van der Waals surface area (Å²) in [5, 5.41) is 8.27. The van der Waals surface area contributed by atoms with E-state index in [9.17, 15) is 0 Å². The highest BCUT2D eigenvalue weighted by atomic mass is 16.5. The number of benzene rings is 1. The van der Waals surface area contributed by atoms with Gasteiger partial charge in [0.25, 0.3) is 0 Å². The second-order valence-corrected chi connectivity index (χ2v) is 4.18. The Morgan fingerprint density at radius 1 is 1.33 bits per heavy atom. The first-order chi connectivity index (χ1) is 8.88. The first kappa shape index (κ1) is 11.0. The molecule has 1 aromatic carbocycles. The first-order valence-electron chi connectivity index (χ1n) is 5.85. The summed E-state index contributed by atoms with van der Waals surface area (Å²) >= 11 is 0. The van der Waals surface area contributed by atoms with Crippen LogP contribution in [-0.2, 0) is 13.1 Å². The molecule has 0 unspecified atom stereocenters. The lowest BCUT2D eigenvalue weighted by Gasteiger charge is -2.07. The maximum atomic E-state index is 4.77. The number of aromatic nitrogens is 3. The highest BCUT2D eigenvalue weighted by Crippen LogP contribution is 2.21. The van der Waals surface area contributed by atoms with Gasteiger partial charge in [0.1, 0.15) is 0 Å². The Labute approximate surface area is 104 Å². The van der Waals surface area contributed by atoms with Crippen molar-refractivity contribution in [3.8, 4) is 0 Å². The summed E-state index contributed by atoms with van der Waals surface area (Å²) in [6.07, 6.45) is 3.41. The van der Waals surface area contributed by atoms with Crippen LogP contribution < -0.4 is 5.32 Å². The van der Waals surface area contributed by atoms with Crippen LogP contribution in [0.3, 0.4) is 0 Å². The van der Waals surface area contributed by atoms with Crippen LogP contribution in [0, 0.1) is 0 Å². The molecule has 0 aliphatic rings. The molecular weight excluding hydrogens is 228 g/mol. The van der Waals surface area contributed by atoms with Crippen LogP contribution in [0.4, 0.5) is 0 Å². The molecule has 0 amide bonds. The zero-order valence-electron chi connectivity index (χ0n) is 10.1. The van der Waals surface area contributed by atoms with Crippen molar-refractivity contribution in [1.29, 1.82) is 0 Å². The number of para-hydroxylation sites is 1. The highest BCUT2D eigenvalue weighted by Gasteiger charge is 2.08. The molecule has 2 heterocycles. The summed E-state index contributed by atoms with van der Waals surface area (Å²) < 4.78 is 6.91. The number of fused-ring (bicyclic) bond motifs is 1. The SMILES string of the molecule is CNCc1cccc2ccn(Cc3ncon3)c12. The van der Waals surface area contributed by atoms with Gasteiger partial charge in [0.2, 0.25) is 6.39 Å². The van der Waals surface area contributed by atoms with E-state index in [0.717, 1.165) is 6.54 Å². The molecular formula is C13H14N4O. The predicted octanol–water partition coefficient (Wildman–Crippen LogP) is 1.79. The molecule has 5 nitrogen and oxygen atoms in total. The third-order valence-electron chi connectivity index (χ3n) is 2.96. The van der Waals surface area contributed by atoms with Crippen molar-refractivity contribution in [3.63, 3.8) is 0 Å². The normalized spacial score (nSPS) is 11.2. The van der Waals surface area contributed by atoms with Crippen LogP contribution in [0.15, 0.2) is 41.4 Å². The van der Waals surface area contributed by atoms with Gasteiger partial charge in [-0.15, -0.1) is 0 Å². The number of hydrogen-bond acceptors (Lipinski definition) is 4. The Hall–Kier alpha value is -2.14. The molecule has 3 aromatic rings. The van der Waals surface area contributed by atoms with Crippen LogP contribution in [-0.4, -0.2) is 21.8 Å². The largest absolute Gasteiger partial charge is 0.343 e. The summed E-state index contributed by atoms with van der Waals surface area (Å²) in [6, 6.07) is 8.43. The van der Waals surface area contributed by atoms with Gasteiger partial charge in [0.05, 0.1) is 12.1 Å². The van der Waals surface area contributed by atoms with E-state index >= 15 is 0 Å². The van der Waals surface area contributed by atoms with Crippen LogP contribution in [0.5, 0.6) is 0 Å². The molecule has 0 bridgehead atoms. The highest BCUT2D eigenvalue weighted by molar-refractivity contribution is 5.83. The van der Waals surface area contributed by atoms with E-state index < -0.39 is 0 Å². The topological polar surface area (TPSA) is 55.9 Å². The number of nitrogens with one attached hydrogen (secondary N) is 1. The molecule has 5 heteroatoms.